The van der Waals surface area contributed by atoms with Gasteiger partial charge in [-0.25, -0.2) is 0 Å². The third-order valence-electron chi connectivity index (χ3n) is 4.25. The molecule has 5 heteroatoms. The number of rotatable bonds is 7. The van der Waals surface area contributed by atoms with Crippen LogP contribution in [0, 0.1) is 0 Å². The summed E-state index contributed by atoms with van der Waals surface area (Å²) in [4.78, 5) is 16.4. The third kappa shape index (κ3) is 5.31. The second kappa shape index (κ2) is 8.15. The molecule has 1 aliphatic heterocycles. The van der Waals surface area contributed by atoms with Gasteiger partial charge in [0, 0.05) is 25.7 Å². The minimum absolute atomic E-state index is 0.116. The molecule has 122 valence electrons. The van der Waals surface area contributed by atoms with Crippen LogP contribution in [-0.4, -0.2) is 67.1 Å². The molecule has 2 rings (SSSR count). The Balaban J connectivity index is 1.59. The summed E-state index contributed by atoms with van der Waals surface area (Å²) in [5.41, 5.74) is 1.18. The molecule has 0 saturated carbocycles. The van der Waals surface area contributed by atoms with E-state index in [1.807, 2.05) is 12.1 Å². The molecular formula is C17H27N3O2. The number of nitrogens with one attached hydrogen (secondary N) is 1. The molecule has 2 N–H and O–H groups in total. The fourth-order valence-electron chi connectivity index (χ4n) is 2.82. The highest BCUT2D eigenvalue weighted by Gasteiger charge is 2.24. The van der Waals surface area contributed by atoms with E-state index in [1.54, 1.807) is 12.1 Å². The first-order chi connectivity index (χ1) is 10.5. The highest BCUT2D eigenvalue weighted by Crippen LogP contribution is 2.12. The lowest BCUT2D eigenvalue weighted by atomic mass is 10.1. The standard InChI is InChI=1S/C17H27N3O2/c1-19(2)15-9-11-20(12-15)13-17(22)18-10-3-4-14-5-7-16(21)8-6-14/h5-8,15,21H,3-4,9-13H2,1-2H3,(H,18,22)/t15-/m1/s1. The molecule has 1 aliphatic rings. The van der Waals surface area contributed by atoms with Crippen LogP contribution in [0.3, 0.4) is 0 Å². The zero-order chi connectivity index (χ0) is 15.9. The van der Waals surface area contributed by atoms with E-state index < -0.39 is 0 Å². The number of carbonyl (C=O) groups excluding carboxylic acids is 1. The lowest BCUT2D eigenvalue weighted by Crippen LogP contribution is -2.38. The number of aryl methyl sites for hydroxylation is 1. The average Bonchev–Trinajstić information content (AvgIpc) is 2.94. The molecule has 0 spiro atoms. The van der Waals surface area contributed by atoms with Crippen molar-refractivity contribution in [2.45, 2.75) is 25.3 Å². The van der Waals surface area contributed by atoms with E-state index in [1.165, 1.54) is 5.56 Å². The Bertz CT molecular complexity index is 473. The molecule has 1 heterocycles. The highest BCUT2D eigenvalue weighted by atomic mass is 16.3. The molecule has 1 atom stereocenters. The van der Waals surface area contributed by atoms with Gasteiger partial charge >= 0.3 is 0 Å². The summed E-state index contributed by atoms with van der Waals surface area (Å²) in [6.45, 7) is 3.19. The largest absolute Gasteiger partial charge is 0.508 e. The van der Waals surface area contributed by atoms with Gasteiger partial charge in [0.15, 0.2) is 0 Å². The lowest BCUT2D eigenvalue weighted by Gasteiger charge is -2.20. The zero-order valence-corrected chi connectivity index (χ0v) is 13.6. The van der Waals surface area contributed by atoms with E-state index in [0.29, 0.717) is 24.9 Å². The Labute approximate surface area is 132 Å². The fourth-order valence-corrected chi connectivity index (χ4v) is 2.82. The number of phenolic OH excluding ortho intramolecular Hbond substituents is 1. The minimum Gasteiger partial charge on any atom is -0.508 e. The van der Waals surface area contributed by atoms with Crippen LogP contribution >= 0.6 is 0 Å². The van der Waals surface area contributed by atoms with Crippen LogP contribution in [0.5, 0.6) is 5.75 Å². The first-order valence-corrected chi connectivity index (χ1v) is 7.98. The van der Waals surface area contributed by atoms with E-state index in [4.69, 9.17) is 0 Å². The Morgan fingerprint density at radius 2 is 2.09 bits per heavy atom. The van der Waals surface area contributed by atoms with E-state index >= 15 is 0 Å². The first-order valence-electron chi connectivity index (χ1n) is 7.98. The van der Waals surface area contributed by atoms with Crippen LogP contribution in [0.4, 0.5) is 0 Å². The predicted octanol–water partition coefficient (Wildman–Crippen LogP) is 1.08. The number of amides is 1. The molecular weight excluding hydrogens is 278 g/mol. The molecule has 1 saturated heterocycles. The van der Waals surface area contributed by atoms with Gasteiger partial charge in [-0.3, -0.25) is 9.69 Å². The van der Waals surface area contributed by atoms with Gasteiger partial charge in [0.25, 0.3) is 0 Å². The van der Waals surface area contributed by atoms with E-state index in [9.17, 15) is 9.90 Å². The van der Waals surface area contributed by atoms with Gasteiger partial charge in [0.1, 0.15) is 5.75 Å². The van der Waals surface area contributed by atoms with Crippen molar-refractivity contribution < 1.29 is 9.90 Å². The van der Waals surface area contributed by atoms with Gasteiger partial charge in [-0.05, 0) is 51.1 Å². The maximum Gasteiger partial charge on any atom is 0.234 e. The monoisotopic (exact) mass is 305 g/mol. The van der Waals surface area contributed by atoms with Crippen molar-refractivity contribution in [2.24, 2.45) is 0 Å². The van der Waals surface area contributed by atoms with Crippen LogP contribution in [0.25, 0.3) is 0 Å². The van der Waals surface area contributed by atoms with Gasteiger partial charge in [0.05, 0.1) is 6.54 Å². The van der Waals surface area contributed by atoms with Gasteiger partial charge < -0.3 is 15.3 Å². The minimum atomic E-state index is 0.116. The lowest BCUT2D eigenvalue weighted by molar-refractivity contribution is -0.122. The molecule has 0 aromatic heterocycles. The normalized spacial score (nSPS) is 18.8. The van der Waals surface area contributed by atoms with Gasteiger partial charge in [-0.15, -0.1) is 0 Å². The van der Waals surface area contributed by atoms with Crippen molar-refractivity contribution >= 4 is 5.91 Å². The summed E-state index contributed by atoms with van der Waals surface area (Å²) in [6.07, 6.45) is 2.96. The number of likely N-dealkylation sites (N-methyl/N-ethyl adjacent to an activating group) is 1. The summed E-state index contributed by atoms with van der Waals surface area (Å²) >= 11 is 0. The third-order valence-corrected chi connectivity index (χ3v) is 4.25. The molecule has 1 amide bonds. The zero-order valence-electron chi connectivity index (χ0n) is 13.6. The van der Waals surface area contributed by atoms with E-state index in [0.717, 1.165) is 32.4 Å². The molecule has 22 heavy (non-hydrogen) atoms. The molecule has 1 aromatic carbocycles. The topological polar surface area (TPSA) is 55.8 Å². The maximum atomic E-state index is 11.9. The van der Waals surface area contributed by atoms with Crippen LogP contribution in [0.15, 0.2) is 24.3 Å². The molecule has 1 aromatic rings. The maximum absolute atomic E-state index is 11.9. The van der Waals surface area contributed by atoms with Crippen molar-refractivity contribution in [3.05, 3.63) is 29.8 Å². The Kier molecular flexibility index (Phi) is 6.21. The quantitative estimate of drug-likeness (QED) is 0.740. The first kappa shape index (κ1) is 16.8. The number of phenols is 1. The number of nitrogens with zero attached hydrogens (tertiary/aromatic N) is 2. The smallest absolute Gasteiger partial charge is 0.234 e. The second-order valence-corrected chi connectivity index (χ2v) is 6.26. The van der Waals surface area contributed by atoms with E-state index in [2.05, 4.69) is 29.2 Å². The van der Waals surface area contributed by atoms with Gasteiger partial charge in [0.2, 0.25) is 5.91 Å². The molecule has 0 bridgehead atoms. The molecule has 1 fully saturated rings. The second-order valence-electron chi connectivity index (χ2n) is 6.26. The predicted molar refractivity (Wildman–Crippen MR) is 88.0 cm³/mol. The van der Waals surface area contributed by atoms with Crippen molar-refractivity contribution in [3.8, 4) is 5.75 Å². The molecule has 5 nitrogen and oxygen atoms in total. The number of benzene rings is 1. The number of hydrogen-bond acceptors (Lipinski definition) is 4. The van der Waals surface area contributed by atoms with E-state index in [-0.39, 0.29) is 5.91 Å². The summed E-state index contributed by atoms with van der Waals surface area (Å²) in [5, 5.41) is 12.2. The van der Waals surface area contributed by atoms with Crippen molar-refractivity contribution in [1.82, 2.24) is 15.1 Å². The Hall–Kier alpha value is -1.59. The van der Waals surface area contributed by atoms with Gasteiger partial charge in [-0.2, -0.15) is 0 Å². The Morgan fingerprint density at radius 1 is 1.36 bits per heavy atom. The van der Waals surface area contributed by atoms with Gasteiger partial charge in [-0.1, -0.05) is 12.1 Å². The van der Waals surface area contributed by atoms with Crippen molar-refractivity contribution in [1.29, 1.82) is 0 Å². The highest BCUT2D eigenvalue weighted by molar-refractivity contribution is 5.78. The van der Waals surface area contributed by atoms with Crippen LogP contribution in [0.2, 0.25) is 0 Å². The van der Waals surface area contributed by atoms with Crippen molar-refractivity contribution in [2.75, 3.05) is 40.3 Å². The summed E-state index contributed by atoms with van der Waals surface area (Å²) in [7, 11) is 4.19. The summed E-state index contributed by atoms with van der Waals surface area (Å²) < 4.78 is 0. The SMILES string of the molecule is CN(C)[C@@H]1CCN(CC(=O)NCCCc2ccc(O)cc2)C1. The van der Waals surface area contributed by atoms with Crippen molar-refractivity contribution in [3.63, 3.8) is 0 Å². The van der Waals surface area contributed by atoms with Crippen LogP contribution in [-0.2, 0) is 11.2 Å². The average molecular weight is 305 g/mol. The fraction of sp³-hybridized carbons (Fsp3) is 0.588. The molecule has 0 radical (unpaired) electrons. The summed E-state index contributed by atoms with van der Waals surface area (Å²) in [6, 6.07) is 7.80. The summed E-state index contributed by atoms with van der Waals surface area (Å²) in [5.74, 6) is 0.406. The number of hydrogen-bond donors (Lipinski definition) is 2. The Morgan fingerprint density at radius 3 is 2.73 bits per heavy atom. The molecule has 0 aliphatic carbocycles. The number of aromatic hydroxyl groups is 1. The molecule has 0 unspecified atom stereocenters. The number of likely N-dealkylation sites (tertiary alicyclic amines) is 1. The number of carbonyl (C=O) groups is 1. The van der Waals surface area contributed by atoms with Crippen LogP contribution < -0.4 is 5.32 Å². The van der Waals surface area contributed by atoms with Crippen LogP contribution in [0.1, 0.15) is 18.4 Å².